The highest BCUT2D eigenvalue weighted by atomic mass is 16.5. The second-order valence-corrected chi connectivity index (χ2v) is 9.37. The number of nitrogens with two attached hydrogens (primary N) is 2. The Labute approximate surface area is 208 Å². The molecule has 188 valence electrons. The lowest BCUT2D eigenvalue weighted by Crippen LogP contribution is -2.24. The summed E-state index contributed by atoms with van der Waals surface area (Å²) >= 11 is 0. The summed E-state index contributed by atoms with van der Waals surface area (Å²) in [5.74, 6) is 0.0565. The zero-order valence-corrected chi connectivity index (χ0v) is 20.7. The van der Waals surface area contributed by atoms with Gasteiger partial charge < -0.3 is 20.9 Å². The molecule has 4 N–H and O–H groups in total. The quantitative estimate of drug-likeness (QED) is 0.179. The standard InChI is InChI=1S/C29H38N2O4/c1-2-3-4-5-21-8-14-26(15-9-21)35-29(33)23-11-6-22(7-12-23)10-17-28(32)34-19-18-24-20-25(30)13-16-27(24)31/h6-7,10-13,16-17,20-21,26H,2-5,8-9,14-15,18-19,30-31H2,1H3. The van der Waals surface area contributed by atoms with Crippen molar-refractivity contribution in [2.24, 2.45) is 5.92 Å². The van der Waals surface area contributed by atoms with Gasteiger partial charge in [-0.3, -0.25) is 0 Å². The summed E-state index contributed by atoms with van der Waals surface area (Å²) in [5.41, 5.74) is 15.1. The Morgan fingerprint density at radius 2 is 1.74 bits per heavy atom. The van der Waals surface area contributed by atoms with Crippen LogP contribution in [0.1, 0.15) is 79.8 Å². The first-order valence-corrected chi connectivity index (χ1v) is 12.7. The molecule has 1 fully saturated rings. The monoisotopic (exact) mass is 478 g/mol. The number of esters is 2. The molecule has 0 radical (unpaired) electrons. The van der Waals surface area contributed by atoms with E-state index in [4.69, 9.17) is 20.9 Å². The van der Waals surface area contributed by atoms with Crippen molar-refractivity contribution in [3.63, 3.8) is 0 Å². The summed E-state index contributed by atoms with van der Waals surface area (Å²) in [4.78, 5) is 24.5. The van der Waals surface area contributed by atoms with Crippen molar-refractivity contribution in [2.45, 2.75) is 70.8 Å². The zero-order chi connectivity index (χ0) is 25.0. The molecule has 0 aromatic heterocycles. The first-order chi connectivity index (χ1) is 16.9. The van der Waals surface area contributed by atoms with Gasteiger partial charge in [-0.1, -0.05) is 44.7 Å². The smallest absolute Gasteiger partial charge is 0.338 e. The molecule has 0 heterocycles. The predicted octanol–water partition coefficient (Wildman–Crippen LogP) is 5.95. The Balaban J connectivity index is 1.39. The fourth-order valence-electron chi connectivity index (χ4n) is 4.49. The van der Waals surface area contributed by atoms with Gasteiger partial charge in [0, 0.05) is 23.9 Å². The second-order valence-electron chi connectivity index (χ2n) is 9.37. The molecule has 6 nitrogen and oxygen atoms in total. The van der Waals surface area contributed by atoms with Crippen LogP contribution in [0.3, 0.4) is 0 Å². The SMILES string of the molecule is CCCCCC1CCC(OC(=O)c2ccc(C=CC(=O)OCCc3cc(N)ccc3N)cc2)CC1. The Kier molecular flexibility index (Phi) is 10.2. The van der Waals surface area contributed by atoms with Crippen molar-refractivity contribution in [1.82, 2.24) is 0 Å². The highest BCUT2D eigenvalue weighted by molar-refractivity contribution is 5.90. The van der Waals surface area contributed by atoms with Gasteiger partial charge in [-0.25, -0.2) is 9.59 Å². The van der Waals surface area contributed by atoms with Gasteiger partial charge in [-0.2, -0.15) is 0 Å². The Morgan fingerprint density at radius 1 is 1.00 bits per heavy atom. The van der Waals surface area contributed by atoms with E-state index < -0.39 is 5.97 Å². The molecule has 0 atom stereocenters. The van der Waals surface area contributed by atoms with Crippen molar-refractivity contribution < 1.29 is 19.1 Å². The van der Waals surface area contributed by atoms with Crippen LogP contribution in [0.4, 0.5) is 11.4 Å². The number of nitrogen functional groups attached to an aromatic ring is 2. The number of ether oxygens (including phenoxy) is 2. The molecule has 2 aromatic carbocycles. The summed E-state index contributed by atoms with van der Waals surface area (Å²) in [6.45, 7) is 2.44. The number of hydrogen-bond donors (Lipinski definition) is 2. The zero-order valence-electron chi connectivity index (χ0n) is 20.7. The minimum absolute atomic E-state index is 0.0157. The normalized spacial score (nSPS) is 17.9. The number of carbonyl (C=O) groups excluding carboxylic acids is 2. The van der Waals surface area contributed by atoms with Crippen LogP contribution in [0.25, 0.3) is 6.08 Å². The lowest BCUT2D eigenvalue weighted by atomic mass is 9.84. The molecule has 1 aliphatic rings. The highest BCUT2D eigenvalue weighted by Crippen LogP contribution is 2.30. The fourth-order valence-corrected chi connectivity index (χ4v) is 4.49. The van der Waals surface area contributed by atoms with Gasteiger partial charge in [0.2, 0.25) is 0 Å². The molecule has 0 spiro atoms. The topological polar surface area (TPSA) is 105 Å². The van der Waals surface area contributed by atoms with Crippen molar-refractivity contribution >= 4 is 29.4 Å². The van der Waals surface area contributed by atoms with E-state index in [1.54, 1.807) is 48.5 Å². The number of hydrogen-bond acceptors (Lipinski definition) is 6. The van der Waals surface area contributed by atoms with Gasteiger partial charge in [0.1, 0.15) is 6.10 Å². The maximum atomic E-state index is 12.5. The van der Waals surface area contributed by atoms with Crippen LogP contribution in [0.15, 0.2) is 48.5 Å². The van der Waals surface area contributed by atoms with Crippen molar-refractivity contribution in [1.29, 1.82) is 0 Å². The van der Waals surface area contributed by atoms with E-state index in [0.717, 1.165) is 42.7 Å². The summed E-state index contributed by atoms with van der Waals surface area (Å²) in [5, 5.41) is 0. The summed E-state index contributed by atoms with van der Waals surface area (Å²) in [6, 6.07) is 12.3. The molecular formula is C29H38N2O4. The summed E-state index contributed by atoms with van der Waals surface area (Å²) in [6.07, 6.45) is 12.9. The molecular weight excluding hydrogens is 440 g/mol. The van der Waals surface area contributed by atoms with E-state index in [2.05, 4.69) is 6.92 Å². The van der Waals surface area contributed by atoms with Crippen LogP contribution in [0.5, 0.6) is 0 Å². The van der Waals surface area contributed by atoms with Gasteiger partial charge in [-0.05, 0) is 79.1 Å². The van der Waals surface area contributed by atoms with Crippen molar-refractivity contribution in [3.05, 3.63) is 65.2 Å². The number of anilines is 2. The third-order valence-electron chi connectivity index (χ3n) is 6.62. The van der Waals surface area contributed by atoms with Crippen LogP contribution < -0.4 is 11.5 Å². The predicted molar refractivity (Wildman–Crippen MR) is 141 cm³/mol. The highest BCUT2D eigenvalue weighted by Gasteiger charge is 2.24. The van der Waals surface area contributed by atoms with E-state index in [0.29, 0.717) is 23.4 Å². The van der Waals surface area contributed by atoms with Crippen molar-refractivity contribution in [2.75, 3.05) is 18.1 Å². The average Bonchev–Trinajstić information content (AvgIpc) is 2.86. The summed E-state index contributed by atoms with van der Waals surface area (Å²) in [7, 11) is 0. The summed E-state index contributed by atoms with van der Waals surface area (Å²) < 4.78 is 11.0. The molecule has 0 saturated heterocycles. The van der Waals surface area contributed by atoms with E-state index in [1.807, 2.05) is 0 Å². The molecule has 0 aliphatic heterocycles. The fraction of sp³-hybridized carbons (Fsp3) is 0.448. The van der Waals surface area contributed by atoms with E-state index in [-0.39, 0.29) is 18.7 Å². The molecule has 1 aliphatic carbocycles. The molecule has 35 heavy (non-hydrogen) atoms. The number of rotatable bonds is 11. The van der Waals surface area contributed by atoms with Gasteiger partial charge in [-0.15, -0.1) is 0 Å². The number of benzene rings is 2. The van der Waals surface area contributed by atoms with E-state index in [1.165, 1.54) is 31.8 Å². The minimum atomic E-state index is -0.443. The van der Waals surface area contributed by atoms with Crippen LogP contribution in [-0.4, -0.2) is 24.6 Å². The van der Waals surface area contributed by atoms with E-state index >= 15 is 0 Å². The number of carbonyl (C=O) groups is 2. The van der Waals surface area contributed by atoms with Gasteiger partial charge >= 0.3 is 11.9 Å². The third kappa shape index (κ3) is 8.78. The lowest BCUT2D eigenvalue weighted by molar-refractivity contribution is -0.137. The number of unbranched alkanes of at least 4 members (excludes halogenated alkanes) is 2. The maximum absolute atomic E-state index is 12.5. The molecule has 0 bridgehead atoms. The first kappa shape index (κ1) is 26.3. The third-order valence-corrected chi connectivity index (χ3v) is 6.62. The van der Waals surface area contributed by atoms with Crippen LogP contribution in [0.2, 0.25) is 0 Å². The largest absolute Gasteiger partial charge is 0.462 e. The molecule has 2 aromatic rings. The van der Waals surface area contributed by atoms with Crippen LogP contribution >= 0.6 is 0 Å². The second kappa shape index (κ2) is 13.6. The Bertz CT molecular complexity index is 992. The van der Waals surface area contributed by atoms with Crippen LogP contribution in [0, 0.1) is 5.92 Å². The molecule has 3 rings (SSSR count). The van der Waals surface area contributed by atoms with Gasteiger partial charge in [0.05, 0.1) is 12.2 Å². The molecule has 6 heteroatoms. The molecule has 1 saturated carbocycles. The molecule has 0 amide bonds. The average molecular weight is 479 g/mol. The Hall–Kier alpha value is -3.28. The van der Waals surface area contributed by atoms with Gasteiger partial charge in [0.25, 0.3) is 0 Å². The minimum Gasteiger partial charge on any atom is -0.462 e. The Morgan fingerprint density at radius 3 is 2.46 bits per heavy atom. The van der Waals surface area contributed by atoms with Crippen LogP contribution in [-0.2, 0) is 20.7 Å². The molecule has 0 unspecified atom stereocenters. The first-order valence-electron chi connectivity index (χ1n) is 12.7. The maximum Gasteiger partial charge on any atom is 0.338 e. The lowest BCUT2D eigenvalue weighted by Gasteiger charge is -2.28. The van der Waals surface area contributed by atoms with Gasteiger partial charge in [0.15, 0.2) is 0 Å². The van der Waals surface area contributed by atoms with Crippen molar-refractivity contribution in [3.8, 4) is 0 Å². The van der Waals surface area contributed by atoms with E-state index in [9.17, 15) is 9.59 Å².